The number of aromatic nitrogens is 2. The first-order valence-corrected chi connectivity index (χ1v) is 8.32. The predicted octanol–water partition coefficient (Wildman–Crippen LogP) is 3.89. The molecular weight excluding hydrogens is 254 g/mol. The zero-order chi connectivity index (χ0) is 13.8. The number of hydrogen-bond donors (Lipinski definition) is 1. The van der Waals surface area contributed by atoms with E-state index in [9.17, 15) is 0 Å². The van der Waals surface area contributed by atoms with Crippen LogP contribution in [0, 0.1) is 0 Å². The molecule has 0 aliphatic heterocycles. The molecule has 2 N–H and O–H groups in total. The summed E-state index contributed by atoms with van der Waals surface area (Å²) in [6, 6.07) is 6.54. The molecule has 19 heavy (non-hydrogen) atoms. The van der Waals surface area contributed by atoms with Gasteiger partial charge in [0.2, 0.25) is 0 Å². The molecule has 0 radical (unpaired) electrons. The first-order chi connectivity index (χ1) is 9.17. The molecule has 2 rings (SSSR count). The van der Waals surface area contributed by atoms with Crippen molar-refractivity contribution in [3.8, 4) is 0 Å². The molecule has 4 heteroatoms. The number of aryl methyl sites for hydroxylation is 1. The highest BCUT2D eigenvalue weighted by Crippen LogP contribution is 2.26. The summed E-state index contributed by atoms with van der Waals surface area (Å²) in [5.41, 5.74) is 8.89. The summed E-state index contributed by atoms with van der Waals surface area (Å²) in [6.45, 7) is 4.48. The minimum Gasteiger partial charge on any atom is -0.399 e. The predicted molar refractivity (Wildman–Crippen MR) is 85.9 cm³/mol. The number of nitrogens with zero attached hydrogens (tertiary/aromatic N) is 2. The molecule has 0 spiro atoms. The Morgan fingerprint density at radius 3 is 2.89 bits per heavy atom. The van der Waals surface area contributed by atoms with Gasteiger partial charge in [0.25, 0.3) is 0 Å². The van der Waals surface area contributed by atoms with Crippen molar-refractivity contribution in [3.63, 3.8) is 0 Å². The number of hydrogen-bond acceptors (Lipinski definition) is 3. The van der Waals surface area contributed by atoms with Crippen LogP contribution in [-0.2, 0) is 6.42 Å². The maximum atomic E-state index is 5.86. The smallest absolute Gasteiger partial charge is 0.110 e. The summed E-state index contributed by atoms with van der Waals surface area (Å²) in [5.74, 6) is 2.37. The van der Waals surface area contributed by atoms with Gasteiger partial charge in [-0.3, -0.25) is 0 Å². The number of rotatable bonds is 6. The SMILES string of the molecule is CCCc1nc2cc(N)ccc2n1C(C)CCSC. The Kier molecular flexibility index (Phi) is 4.75. The van der Waals surface area contributed by atoms with Crippen LogP contribution in [0.25, 0.3) is 11.0 Å². The van der Waals surface area contributed by atoms with Gasteiger partial charge in [0.1, 0.15) is 5.82 Å². The van der Waals surface area contributed by atoms with Gasteiger partial charge in [-0.25, -0.2) is 4.98 Å². The van der Waals surface area contributed by atoms with Gasteiger partial charge < -0.3 is 10.3 Å². The standard InChI is InChI=1S/C15H23N3S/c1-4-5-15-17-13-10-12(16)6-7-14(13)18(15)11(2)8-9-19-3/h6-7,10-11H,4-5,8-9,16H2,1-3H3. The minimum absolute atomic E-state index is 0.489. The fourth-order valence-corrected chi connectivity index (χ4v) is 3.05. The molecule has 0 bridgehead atoms. The highest BCUT2D eigenvalue weighted by Gasteiger charge is 2.15. The van der Waals surface area contributed by atoms with Gasteiger partial charge in [-0.1, -0.05) is 6.92 Å². The maximum absolute atomic E-state index is 5.86. The van der Waals surface area contributed by atoms with E-state index >= 15 is 0 Å². The van der Waals surface area contributed by atoms with E-state index in [4.69, 9.17) is 10.7 Å². The molecule has 0 amide bonds. The van der Waals surface area contributed by atoms with Crippen LogP contribution in [0.5, 0.6) is 0 Å². The molecule has 0 saturated heterocycles. The lowest BCUT2D eigenvalue weighted by Crippen LogP contribution is -2.10. The highest BCUT2D eigenvalue weighted by molar-refractivity contribution is 7.98. The third kappa shape index (κ3) is 3.06. The van der Waals surface area contributed by atoms with Crippen LogP contribution in [-0.4, -0.2) is 21.6 Å². The average molecular weight is 277 g/mol. The molecule has 0 aliphatic rings. The van der Waals surface area contributed by atoms with Gasteiger partial charge in [0, 0.05) is 18.2 Å². The highest BCUT2D eigenvalue weighted by atomic mass is 32.2. The lowest BCUT2D eigenvalue weighted by atomic mass is 10.2. The number of nitrogens with two attached hydrogens (primary N) is 1. The second-order valence-corrected chi connectivity index (χ2v) is 6.01. The molecular formula is C15H23N3S. The second-order valence-electron chi connectivity index (χ2n) is 5.03. The Morgan fingerprint density at radius 2 is 2.21 bits per heavy atom. The van der Waals surface area contributed by atoms with Crippen molar-refractivity contribution in [2.45, 2.75) is 39.2 Å². The third-order valence-electron chi connectivity index (χ3n) is 3.44. The number of benzene rings is 1. The van der Waals surface area contributed by atoms with E-state index in [0.29, 0.717) is 6.04 Å². The van der Waals surface area contributed by atoms with Crippen LogP contribution in [0.3, 0.4) is 0 Å². The Labute approximate surface area is 119 Å². The fourth-order valence-electron chi connectivity index (χ4n) is 2.47. The molecule has 2 aromatic rings. The summed E-state index contributed by atoms with van der Waals surface area (Å²) >= 11 is 1.90. The molecule has 3 nitrogen and oxygen atoms in total. The van der Waals surface area contributed by atoms with E-state index in [1.807, 2.05) is 23.9 Å². The normalized spacial score (nSPS) is 13.0. The van der Waals surface area contributed by atoms with Gasteiger partial charge in [0.15, 0.2) is 0 Å². The molecule has 1 unspecified atom stereocenters. The van der Waals surface area contributed by atoms with Crippen LogP contribution in [0.1, 0.15) is 38.6 Å². The van der Waals surface area contributed by atoms with Crippen molar-refractivity contribution < 1.29 is 0 Å². The van der Waals surface area contributed by atoms with Crippen LogP contribution in [0.4, 0.5) is 5.69 Å². The zero-order valence-corrected chi connectivity index (χ0v) is 12.8. The molecule has 0 saturated carbocycles. The van der Waals surface area contributed by atoms with Gasteiger partial charge in [-0.15, -0.1) is 0 Å². The van der Waals surface area contributed by atoms with Gasteiger partial charge in [0.05, 0.1) is 11.0 Å². The fraction of sp³-hybridized carbons (Fsp3) is 0.533. The van der Waals surface area contributed by atoms with E-state index < -0.39 is 0 Å². The number of nitrogen functional groups attached to an aromatic ring is 1. The van der Waals surface area contributed by atoms with Crippen molar-refractivity contribution in [1.82, 2.24) is 9.55 Å². The Hall–Kier alpha value is -1.16. The van der Waals surface area contributed by atoms with Gasteiger partial charge in [-0.05, 0) is 50.0 Å². The Morgan fingerprint density at radius 1 is 1.42 bits per heavy atom. The summed E-state index contributed by atoms with van der Waals surface area (Å²) < 4.78 is 2.40. The zero-order valence-electron chi connectivity index (χ0n) is 12.0. The van der Waals surface area contributed by atoms with Gasteiger partial charge >= 0.3 is 0 Å². The van der Waals surface area contributed by atoms with E-state index in [1.165, 1.54) is 23.5 Å². The molecule has 104 valence electrons. The van der Waals surface area contributed by atoms with Crippen molar-refractivity contribution in [1.29, 1.82) is 0 Å². The number of fused-ring (bicyclic) bond motifs is 1. The van der Waals surface area contributed by atoms with Gasteiger partial charge in [-0.2, -0.15) is 11.8 Å². The van der Waals surface area contributed by atoms with E-state index in [2.05, 4.69) is 30.7 Å². The van der Waals surface area contributed by atoms with E-state index in [1.54, 1.807) is 0 Å². The quantitative estimate of drug-likeness (QED) is 0.815. The third-order valence-corrected chi connectivity index (χ3v) is 4.08. The lowest BCUT2D eigenvalue weighted by molar-refractivity contribution is 0.523. The topological polar surface area (TPSA) is 43.8 Å². The molecule has 0 aliphatic carbocycles. The molecule has 1 aromatic heterocycles. The Balaban J connectivity index is 2.45. The minimum atomic E-state index is 0.489. The monoisotopic (exact) mass is 277 g/mol. The summed E-state index contributed by atoms with van der Waals surface area (Å²) in [7, 11) is 0. The average Bonchev–Trinajstić information content (AvgIpc) is 2.73. The molecule has 0 fully saturated rings. The lowest BCUT2D eigenvalue weighted by Gasteiger charge is -2.17. The summed E-state index contributed by atoms with van der Waals surface area (Å²) in [6.07, 6.45) is 5.48. The van der Waals surface area contributed by atoms with E-state index in [-0.39, 0.29) is 0 Å². The van der Waals surface area contributed by atoms with Crippen molar-refractivity contribution in [2.24, 2.45) is 0 Å². The number of thioether (sulfide) groups is 1. The largest absolute Gasteiger partial charge is 0.399 e. The van der Waals surface area contributed by atoms with Crippen molar-refractivity contribution in [2.75, 3.05) is 17.7 Å². The summed E-state index contributed by atoms with van der Waals surface area (Å²) in [5, 5.41) is 0. The van der Waals surface area contributed by atoms with Crippen molar-refractivity contribution in [3.05, 3.63) is 24.0 Å². The summed E-state index contributed by atoms with van der Waals surface area (Å²) in [4.78, 5) is 4.77. The van der Waals surface area contributed by atoms with Crippen LogP contribution >= 0.6 is 11.8 Å². The van der Waals surface area contributed by atoms with Crippen LogP contribution in [0.15, 0.2) is 18.2 Å². The molecule has 1 atom stereocenters. The second kappa shape index (κ2) is 6.33. The number of anilines is 1. The first-order valence-electron chi connectivity index (χ1n) is 6.92. The number of imidazole rings is 1. The van der Waals surface area contributed by atoms with Crippen LogP contribution in [0.2, 0.25) is 0 Å². The maximum Gasteiger partial charge on any atom is 0.110 e. The molecule has 1 heterocycles. The van der Waals surface area contributed by atoms with Crippen molar-refractivity contribution >= 4 is 28.5 Å². The molecule has 1 aromatic carbocycles. The van der Waals surface area contributed by atoms with Crippen LogP contribution < -0.4 is 5.73 Å². The van der Waals surface area contributed by atoms with E-state index in [0.717, 1.165) is 24.0 Å². The first kappa shape index (κ1) is 14.3. The Bertz CT molecular complexity index is 548.